The summed E-state index contributed by atoms with van der Waals surface area (Å²) in [6.07, 6.45) is 3.62. The third kappa shape index (κ3) is 5.70. The van der Waals surface area contributed by atoms with Gasteiger partial charge >= 0.3 is 5.97 Å². The minimum atomic E-state index is -0.531. The van der Waals surface area contributed by atoms with E-state index < -0.39 is 5.97 Å². The first-order valence-electron chi connectivity index (χ1n) is 12.6. The van der Waals surface area contributed by atoms with Crippen molar-refractivity contribution in [2.24, 2.45) is 0 Å². The van der Waals surface area contributed by atoms with Crippen LogP contribution in [0.15, 0.2) is 102 Å². The standard InChI is InChI=1S/C32H33N3O3/c1-6-38-32(37)29-28(31(36)33-30(29)24-10-8-7-9-11-24)21-20-27(22-12-16-25(17-13-22)34(2)3)23-14-18-26(19-15-23)35(4)5/h7-21H,6H2,1-5H3,(H,33,36). The Morgan fingerprint density at radius 2 is 1.34 bits per heavy atom. The van der Waals surface area contributed by atoms with Crippen molar-refractivity contribution in [1.82, 2.24) is 5.32 Å². The highest BCUT2D eigenvalue weighted by Crippen LogP contribution is 2.32. The summed E-state index contributed by atoms with van der Waals surface area (Å²) in [6.45, 7) is 1.96. The van der Waals surface area contributed by atoms with E-state index in [0.29, 0.717) is 5.70 Å². The number of carbonyl (C=O) groups is 2. The van der Waals surface area contributed by atoms with Gasteiger partial charge < -0.3 is 19.9 Å². The van der Waals surface area contributed by atoms with E-state index in [9.17, 15) is 9.59 Å². The van der Waals surface area contributed by atoms with Crippen molar-refractivity contribution < 1.29 is 14.3 Å². The number of nitrogens with zero attached hydrogens (tertiary/aromatic N) is 2. The zero-order valence-electron chi connectivity index (χ0n) is 22.5. The maximum Gasteiger partial charge on any atom is 0.341 e. The molecular formula is C32H33N3O3. The Labute approximate surface area is 224 Å². The fourth-order valence-electron chi connectivity index (χ4n) is 4.29. The molecule has 6 heteroatoms. The molecule has 194 valence electrons. The summed E-state index contributed by atoms with van der Waals surface area (Å²) in [5.74, 6) is -0.870. The lowest BCUT2D eigenvalue weighted by Gasteiger charge is -2.16. The first-order chi connectivity index (χ1) is 18.3. The summed E-state index contributed by atoms with van der Waals surface area (Å²) in [5, 5.41) is 2.88. The van der Waals surface area contributed by atoms with E-state index in [1.807, 2.05) is 74.4 Å². The monoisotopic (exact) mass is 507 g/mol. The van der Waals surface area contributed by atoms with Crippen molar-refractivity contribution in [2.75, 3.05) is 44.6 Å². The van der Waals surface area contributed by atoms with Crippen LogP contribution in [0.3, 0.4) is 0 Å². The number of nitrogens with one attached hydrogen (secondary N) is 1. The largest absolute Gasteiger partial charge is 0.462 e. The number of allylic oxidation sites excluding steroid dienone is 2. The maximum atomic E-state index is 13.1. The molecule has 1 amide bonds. The van der Waals surface area contributed by atoms with Crippen molar-refractivity contribution in [3.63, 3.8) is 0 Å². The lowest BCUT2D eigenvalue weighted by Crippen LogP contribution is -2.15. The first-order valence-corrected chi connectivity index (χ1v) is 12.6. The number of rotatable bonds is 8. The van der Waals surface area contributed by atoms with Crippen molar-refractivity contribution >= 4 is 34.5 Å². The van der Waals surface area contributed by atoms with Gasteiger partial charge in [-0.2, -0.15) is 0 Å². The Kier molecular flexibility index (Phi) is 8.12. The molecule has 0 atom stereocenters. The van der Waals surface area contributed by atoms with Crippen LogP contribution in [0.25, 0.3) is 11.3 Å². The van der Waals surface area contributed by atoms with Gasteiger partial charge in [0.1, 0.15) is 0 Å². The van der Waals surface area contributed by atoms with E-state index >= 15 is 0 Å². The van der Waals surface area contributed by atoms with Crippen molar-refractivity contribution in [2.45, 2.75) is 6.92 Å². The number of esters is 1. The molecule has 4 rings (SSSR count). The Bertz CT molecular complexity index is 1350. The Morgan fingerprint density at radius 1 is 0.816 bits per heavy atom. The molecule has 0 saturated carbocycles. The Morgan fingerprint density at radius 3 is 1.82 bits per heavy atom. The van der Waals surface area contributed by atoms with Crippen LogP contribution < -0.4 is 15.1 Å². The summed E-state index contributed by atoms with van der Waals surface area (Å²) in [4.78, 5) is 30.3. The van der Waals surface area contributed by atoms with Gasteiger partial charge in [-0.25, -0.2) is 4.79 Å². The van der Waals surface area contributed by atoms with E-state index in [4.69, 9.17) is 4.74 Å². The summed E-state index contributed by atoms with van der Waals surface area (Å²) in [7, 11) is 8.01. The zero-order valence-corrected chi connectivity index (χ0v) is 22.5. The third-order valence-electron chi connectivity index (χ3n) is 6.35. The molecule has 1 heterocycles. The molecule has 0 saturated heterocycles. The molecule has 0 bridgehead atoms. The highest BCUT2D eigenvalue weighted by molar-refractivity contribution is 6.21. The molecule has 0 unspecified atom stereocenters. The molecule has 0 fully saturated rings. The highest BCUT2D eigenvalue weighted by atomic mass is 16.5. The second kappa shape index (κ2) is 11.6. The molecule has 1 aliphatic heterocycles. The summed E-state index contributed by atoms with van der Waals surface area (Å²) in [6, 6.07) is 25.8. The second-order valence-electron chi connectivity index (χ2n) is 9.33. The number of anilines is 2. The molecule has 6 nitrogen and oxygen atoms in total. The van der Waals surface area contributed by atoms with E-state index in [2.05, 4.69) is 53.8 Å². The van der Waals surface area contributed by atoms with Crippen LogP contribution in [0.2, 0.25) is 0 Å². The molecular weight excluding hydrogens is 474 g/mol. The number of hydrogen-bond acceptors (Lipinski definition) is 5. The van der Waals surface area contributed by atoms with Crippen LogP contribution in [0.4, 0.5) is 11.4 Å². The van der Waals surface area contributed by atoms with E-state index in [1.165, 1.54) is 0 Å². The average Bonchev–Trinajstić information content (AvgIpc) is 3.26. The van der Waals surface area contributed by atoms with E-state index in [0.717, 1.165) is 33.6 Å². The predicted octanol–water partition coefficient (Wildman–Crippen LogP) is 5.28. The summed E-state index contributed by atoms with van der Waals surface area (Å²) in [5.41, 5.74) is 6.81. The van der Waals surface area contributed by atoms with Crippen LogP contribution in [-0.2, 0) is 14.3 Å². The van der Waals surface area contributed by atoms with Crippen molar-refractivity contribution in [3.05, 3.63) is 119 Å². The van der Waals surface area contributed by atoms with Gasteiger partial charge in [0.25, 0.3) is 5.91 Å². The normalized spacial score (nSPS) is 13.8. The number of ether oxygens (including phenoxy) is 1. The van der Waals surface area contributed by atoms with Crippen LogP contribution >= 0.6 is 0 Å². The highest BCUT2D eigenvalue weighted by Gasteiger charge is 2.33. The molecule has 3 aromatic rings. The molecule has 0 aliphatic carbocycles. The smallest absolute Gasteiger partial charge is 0.341 e. The molecule has 1 aliphatic rings. The van der Waals surface area contributed by atoms with Crippen molar-refractivity contribution in [1.29, 1.82) is 0 Å². The Balaban J connectivity index is 1.86. The van der Waals surface area contributed by atoms with Crippen LogP contribution in [-0.4, -0.2) is 46.7 Å². The topological polar surface area (TPSA) is 61.9 Å². The predicted molar refractivity (Wildman–Crippen MR) is 155 cm³/mol. The average molecular weight is 508 g/mol. The van der Waals surface area contributed by atoms with E-state index in [1.54, 1.807) is 13.0 Å². The zero-order chi connectivity index (χ0) is 27.2. The fourth-order valence-corrected chi connectivity index (χ4v) is 4.29. The fraction of sp³-hybridized carbons (Fsp3) is 0.188. The molecule has 1 N–H and O–H groups in total. The quantitative estimate of drug-likeness (QED) is 0.332. The van der Waals surface area contributed by atoms with Gasteiger partial charge in [0.15, 0.2) is 0 Å². The van der Waals surface area contributed by atoms with Gasteiger partial charge in [-0.05, 0) is 59.5 Å². The third-order valence-corrected chi connectivity index (χ3v) is 6.35. The minimum absolute atomic E-state index is 0.212. The van der Waals surface area contributed by atoms with Gasteiger partial charge in [-0.15, -0.1) is 0 Å². The van der Waals surface area contributed by atoms with Crippen molar-refractivity contribution in [3.8, 4) is 0 Å². The van der Waals surface area contributed by atoms with Gasteiger partial charge in [0, 0.05) is 39.6 Å². The molecule has 0 spiro atoms. The number of carbonyl (C=O) groups excluding carboxylic acids is 2. The maximum absolute atomic E-state index is 13.1. The number of hydrogen-bond donors (Lipinski definition) is 1. The molecule has 0 aromatic heterocycles. The molecule has 3 aromatic carbocycles. The lowest BCUT2D eigenvalue weighted by molar-refractivity contribution is -0.138. The lowest BCUT2D eigenvalue weighted by atomic mass is 9.95. The number of benzene rings is 3. The second-order valence-corrected chi connectivity index (χ2v) is 9.33. The SMILES string of the molecule is CCOC(=O)C1=C(c2ccccc2)NC(=O)C1=CC=C(c1ccc(N(C)C)cc1)c1ccc(N(C)C)cc1. The van der Waals surface area contributed by atoms with Gasteiger partial charge in [0.2, 0.25) is 0 Å². The summed E-state index contributed by atoms with van der Waals surface area (Å²) >= 11 is 0. The van der Waals surface area contributed by atoms with Gasteiger partial charge in [0.05, 0.1) is 23.5 Å². The molecule has 38 heavy (non-hydrogen) atoms. The van der Waals surface area contributed by atoms with E-state index in [-0.39, 0.29) is 23.7 Å². The Hall–Kier alpha value is -4.58. The first kappa shape index (κ1) is 26.5. The molecule has 0 radical (unpaired) electrons. The number of amides is 1. The summed E-state index contributed by atoms with van der Waals surface area (Å²) < 4.78 is 5.34. The van der Waals surface area contributed by atoms with Gasteiger partial charge in [-0.3, -0.25) is 4.79 Å². The minimum Gasteiger partial charge on any atom is -0.462 e. The van der Waals surface area contributed by atoms with Gasteiger partial charge in [-0.1, -0.05) is 60.7 Å². The van der Waals surface area contributed by atoms with Crippen LogP contribution in [0.1, 0.15) is 23.6 Å². The van der Waals surface area contributed by atoms with Crippen LogP contribution in [0.5, 0.6) is 0 Å². The van der Waals surface area contributed by atoms with Crippen LogP contribution in [0, 0.1) is 0 Å².